The molecular weight excluding hydrogens is 260 g/mol. The van der Waals surface area contributed by atoms with Gasteiger partial charge in [0.2, 0.25) is 0 Å². The lowest BCUT2D eigenvalue weighted by atomic mass is 9.87. The van der Waals surface area contributed by atoms with Crippen LogP contribution < -0.4 is 0 Å². The van der Waals surface area contributed by atoms with Crippen molar-refractivity contribution < 1.29 is 9.47 Å². The average molecular weight is 292 g/mol. The zero-order chi connectivity index (χ0) is 15.1. The van der Waals surface area contributed by atoms with Crippen LogP contribution in [0.25, 0.3) is 0 Å². The molecule has 0 amide bonds. The Bertz CT molecular complexity index is 358. The summed E-state index contributed by atoms with van der Waals surface area (Å²) in [4.78, 5) is 0. The normalized spacial score (nSPS) is 29.9. The molecule has 1 aliphatic heterocycles. The minimum absolute atomic E-state index is 0.0497. The van der Waals surface area contributed by atoms with E-state index in [-0.39, 0.29) is 6.29 Å². The van der Waals surface area contributed by atoms with Crippen molar-refractivity contribution in [3.8, 4) is 0 Å². The highest BCUT2D eigenvalue weighted by atomic mass is 16.7. The van der Waals surface area contributed by atoms with Crippen molar-refractivity contribution in [1.82, 2.24) is 0 Å². The molecule has 120 valence electrons. The Labute approximate surface area is 130 Å². The van der Waals surface area contributed by atoms with E-state index in [0.29, 0.717) is 11.8 Å². The van der Waals surface area contributed by atoms with Crippen molar-refractivity contribution in [3.05, 3.63) is 23.3 Å². The predicted octanol–water partition coefficient (Wildman–Crippen LogP) is 5.25. The molecule has 0 bridgehead atoms. The van der Waals surface area contributed by atoms with E-state index < -0.39 is 0 Å². The zero-order valence-electron chi connectivity index (χ0n) is 14.1. The number of hydrogen-bond acceptors (Lipinski definition) is 2. The molecular formula is C19H32O2. The van der Waals surface area contributed by atoms with Crippen LogP contribution in [0.4, 0.5) is 0 Å². The van der Waals surface area contributed by atoms with E-state index in [0.717, 1.165) is 19.6 Å². The Balaban J connectivity index is 1.71. The molecule has 0 radical (unpaired) electrons. The van der Waals surface area contributed by atoms with Crippen LogP contribution in [0.5, 0.6) is 0 Å². The summed E-state index contributed by atoms with van der Waals surface area (Å²) in [5.74, 6) is 1.18. The van der Waals surface area contributed by atoms with Gasteiger partial charge in [-0.15, -0.1) is 0 Å². The van der Waals surface area contributed by atoms with Crippen LogP contribution in [0.3, 0.4) is 0 Å². The highest BCUT2D eigenvalue weighted by molar-refractivity contribution is 5.08. The van der Waals surface area contributed by atoms with Crippen LogP contribution in [0.15, 0.2) is 23.3 Å². The first-order chi connectivity index (χ1) is 10.2. The van der Waals surface area contributed by atoms with E-state index in [1.807, 2.05) is 0 Å². The van der Waals surface area contributed by atoms with E-state index in [1.54, 1.807) is 5.57 Å². The van der Waals surface area contributed by atoms with Crippen LogP contribution in [0.1, 0.15) is 65.7 Å². The molecule has 21 heavy (non-hydrogen) atoms. The summed E-state index contributed by atoms with van der Waals surface area (Å²) >= 11 is 0. The summed E-state index contributed by atoms with van der Waals surface area (Å²) in [7, 11) is 0. The molecule has 0 N–H and O–H groups in total. The fourth-order valence-corrected chi connectivity index (χ4v) is 3.33. The van der Waals surface area contributed by atoms with Gasteiger partial charge in [0.05, 0.1) is 13.2 Å². The molecule has 2 aliphatic rings. The summed E-state index contributed by atoms with van der Waals surface area (Å²) in [5.41, 5.74) is 3.05. The van der Waals surface area contributed by atoms with Crippen LogP contribution in [0, 0.1) is 11.8 Å². The van der Waals surface area contributed by atoms with E-state index in [9.17, 15) is 0 Å². The Morgan fingerprint density at radius 3 is 2.62 bits per heavy atom. The maximum absolute atomic E-state index is 5.97. The maximum Gasteiger partial charge on any atom is 0.160 e. The van der Waals surface area contributed by atoms with E-state index in [4.69, 9.17) is 9.47 Å². The number of rotatable bonds is 6. The molecule has 1 saturated heterocycles. The SMILES string of the molecule is CCCC1COC(C2CC=C(CCC=C(C)C)CC2)OC1. The second-order valence-electron chi connectivity index (χ2n) is 6.91. The standard InChI is InChI=1S/C19H32O2/c1-4-6-17-13-20-19(21-14-17)18-11-9-16(10-12-18)8-5-7-15(2)3/h7,9,17-19H,4-6,8,10-14H2,1-3H3. The Kier molecular flexibility index (Phi) is 6.98. The van der Waals surface area contributed by atoms with Gasteiger partial charge in [0, 0.05) is 11.8 Å². The lowest BCUT2D eigenvalue weighted by Crippen LogP contribution is -2.37. The van der Waals surface area contributed by atoms with Gasteiger partial charge in [-0.05, 0) is 52.4 Å². The van der Waals surface area contributed by atoms with Crippen LogP contribution >= 0.6 is 0 Å². The summed E-state index contributed by atoms with van der Waals surface area (Å²) in [6.45, 7) is 8.37. The maximum atomic E-state index is 5.97. The number of hydrogen-bond donors (Lipinski definition) is 0. The second kappa shape index (κ2) is 8.75. The molecule has 2 nitrogen and oxygen atoms in total. The number of allylic oxidation sites excluding steroid dienone is 4. The average Bonchev–Trinajstić information content (AvgIpc) is 2.49. The molecule has 1 unspecified atom stereocenters. The molecule has 1 heterocycles. The van der Waals surface area contributed by atoms with Crippen molar-refractivity contribution in [2.75, 3.05) is 13.2 Å². The summed E-state index contributed by atoms with van der Waals surface area (Å²) in [5, 5.41) is 0. The minimum Gasteiger partial charge on any atom is -0.352 e. The van der Waals surface area contributed by atoms with Gasteiger partial charge in [0.1, 0.15) is 0 Å². The third kappa shape index (κ3) is 5.60. The van der Waals surface area contributed by atoms with Gasteiger partial charge in [-0.3, -0.25) is 0 Å². The largest absolute Gasteiger partial charge is 0.352 e. The molecule has 0 aromatic carbocycles. The zero-order valence-corrected chi connectivity index (χ0v) is 14.1. The highest BCUT2D eigenvalue weighted by Gasteiger charge is 2.29. The van der Waals surface area contributed by atoms with Gasteiger partial charge < -0.3 is 9.47 Å². The van der Waals surface area contributed by atoms with Gasteiger partial charge in [-0.1, -0.05) is 36.6 Å². The predicted molar refractivity (Wildman–Crippen MR) is 88.2 cm³/mol. The monoisotopic (exact) mass is 292 g/mol. The molecule has 0 aromatic heterocycles. The van der Waals surface area contributed by atoms with E-state index in [1.165, 1.54) is 44.1 Å². The van der Waals surface area contributed by atoms with Crippen LogP contribution in [0.2, 0.25) is 0 Å². The van der Waals surface area contributed by atoms with Gasteiger partial charge >= 0.3 is 0 Å². The Morgan fingerprint density at radius 1 is 1.29 bits per heavy atom. The quantitative estimate of drug-likeness (QED) is 0.623. The molecule has 2 rings (SSSR count). The smallest absolute Gasteiger partial charge is 0.160 e. The van der Waals surface area contributed by atoms with Gasteiger partial charge in [-0.25, -0.2) is 0 Å². The first kappa shape index (κ1) is 16.8. The first-order valence-corrected chi connectivity index (χ1v) is 8.73. The van der Waals surface area contributed by atoms with Crippen LogP contribution in [-0.4, -0.2) is 19.5 Å². The summed E-state index contributed by atoms with van der Waals surface area (Å²) in [6, 6.07) is 0. The van der Waals surface area contributed by atoms with Gasteiger partial charge in [0.25, 0.3) is 0 Å². The third-order valence-corrected chi connectivity index (χ3v) is 4.64. The van der Waals surface area contributed by atoms with Crippen molar-refractivity contribution >= 4 is 0 Å². The Morgan fingerprint density at radius 2 is 2.05 bits per heavy atom. The van der Waals surface area contributed by atoms with Crippen molar-refractivity contribution in [1.29, 1.82) is 0 Å². The topological polar surface area (TPSA) is 18.5 Å². The minimum atomic E-state index is 0.0497. The van der Waals surface area contributed by atoms with Crippen molar-refractivity contribution in [2.24, 2.45) is 11.8 Å². The van der Waals surface area contributed by atoms with Crippen molar-refractivity contribution in [2.45, 2.75) is 72.0 Å². The third-order valence-electron chi connectivity index (χ3n) is 4.64. The fourth-order valence-electron chi connectivity index (χ4n) is 3.33. The molecule has 0 saturated carbocycles. The second-order valence-corrected chi connectivity index (χ2v) is 6.91. The summed E-state index contributed by atoms with van der Waals surface area (Å²) in [6.07, 6.45) is 13.3. The molecule has 1 atom stereocenters. The molecule has 1 fully saturated rings. The van der Waals surface area contributed by atoms with Gasteiger partial charge in [-0.2, -0.15) is 0 Å². The summed E-state index contributed by atoms with van der Waals surface area (Å²) < 4.78 is 11.9. The van der Waals surface area contributed by atoms with E-state index >= 15 is 0 Å². The molecule has 0 spiro atoms. The highest BCUT2D eigenvalue weighted by Crippen LogP contribution is 2.32. The molecule has 0 aromatic rings. The lowest BCUT2D eigenvalue weighted by molar-refractivity contribution is -0.226. The Hall–Kier alpha value is -0.600. The lowest BCUT2D eigenvalue weighted by Gasteiger charge is -2.35. The fraction of sp³-hybridized carbons (Fsp3) is 0.789. The van der Waals surface area contributed by atoms with Crippen molar-refractivity contribution in [3.63, 3.8) is 0 Å². The molecule has 1 aliphatic carbocycles. The molecule has 2 heteroatoms. The first-order valence-electron chi connectivity index (χ1n) is 8.73. The van der Waals surface area contributed by atoms with Crippen LogP contribution in [-0.2, 0) is 9.47 Å². The van der Waals surface area contributed by atoms with Gasteiger partial charge in [0.15, 0.2) is 6.29 Å². The number of ether oxygens (including phenoxy) is 2. The van der Waals surface area contributed by atoms with E-state index in [2.05, 4.69) is 32.9 Å².